The second kappa shape index (κ2) is 19.8. The molecule has 0 spiro atoms. The van der Waals surface area contributed by atoms with Crippen LogP contribution in [0.5, 0.6) is 5.75 Å². The molecule has 184 valence electrons. The van der Waals surface area contributed by atoms with Crippen LogP contribution >= 0.6 is 0 Å². The van der Waals surface area contributed by atoms with Gasteiger partial charge in [0.1, 0.15) is 19.0 Å². The summed E-state index contributed by atoms with van der Waals surface area (Å²) in [6.45, 7) is 8.72. The number of nitrogen functional groups attached to an aromatic ring is 1. The Hall–Kier alpha value is -1.87. The van der Waals surface area contributed by atoms with E-state index in [-0.39, 0.29) is 18.5 Å². The summed E-state index contributed by atoms with van der Waals surface area (Å²) in [5.74, 6) is 0.664. The van der Waals surface area contributed by atoms with Crippen molar-refractivity contribution in [2.24, 2.45) is 5.92 Å². The topological polar surface area (TPSA) is 98.5 Å². The van der Waals surface area contributed by atoms with Crippen LogP contribution in [0, 0.1) is 5.92 Å². The number of rotatable bonds is 21. The Morgan fingerprint density at radius 3 is 1.78 bits per heavy atom. The van der Waals surface area contributed by atoms with Crippen LogP contribution < -0.4 is 10.5 Å². The summed E-state index contributed by atoms with van der Waals surface area (Å²) in [5.41, 5.74) is 6.33. The molecule has 0 radical (unpaired) electrons. The van der Waals surface area contributed by atoms with E-state index < -0.39 is 0 Å². The number of anilines is 1. The minimum Gasteiger partial charge on any atom is -0.491 e. The first kappa shape index (κ1) is 28.2. The summed E-state index contributed by atoms with van der Waals surface area (Å²) < 4.78 is 32.6. The van der Waals surface area contributed by atoms with Crippen molar-refractivity contribution >= 4 is 11.7 Å². The first-order chi connectivity index (χ1) is 15.7. The number of unbranched alkanes of at least 4 members (excludes halogenated alkanes) is 1. The number of hydrogen-bond donors (Lipinski definition) is 1. The lowest BCUT2D eigenvalue weighted by molar-refractivity contribution is -0.150. The van der Waals surface area contributed by atoms with E-state index in [1.807, 2.05) is 19.1 Å². The van der Waals surface area contributed by atoms with Crippen molar-refractivity contribution in [1.29, 1.82) is 0 Å². The maximum Gasteiger partial charge on any atom is 0.308 e. The molecule has 0 aromatic heterocycles. The maximum absolute atomic E-state index is 11.9. The Morgan fingerprint density at radius 1 is 0.781 bits per heavy atom. The van der Waals surface area contributed by atoms with Crippen molar-refractivity contribution in [2.45, 2.75) is 39.5 Å². The zero-order chi connectivity index (χ0) is 23.3. The fourth-order valence-electron chi connectivity index (χ4n) is 2.80. The summed E-state index contributed by atoms with van der Waals surface area (Å²) >= 11 is 0. The molecular weight excluding hydrogens is 414 g/mol. The van der Waals surface area contributed by atoms with E-state index in [0.29, 0.717) is 65.1 Å². The Morgan fingerprint density at radius 2 is 1.28 bits per heavy atom. The zero-order valence-corrected chi connectivity index (χ0v) is 19.7. The SMILES string of the molecule is CCCCC(CC)C(=O)OCCOCCOCCOCCOCCOc1ccc(N)cc1. The molecule has 2 N–H and O–H groups in total. The highest BCUT2D eigenvalue weighted by atomic mass is 16.6. The standard InChI is InChI=1S/C24H41NO7/c1-3-5-6-21(4-2)24(26)32-20-18-30-16-14-28-12-11-27-13-15-29-17-19-31-23-9-7-22(25)8-10-23/h7-10,21H,3-6,11-20,25H2,1-2H3. The highest BCUT2D eigenvalue weighted by Gasteiger charge is 2.16. The highest BCUT2D eigenvalue weighted by Crippen LogP contribution is 2.14. The Labute approximate surface area is 192 Å². The summed E-state index contributed by atoms with van der Waals surface area (Å²) in [4.78, 5) is 11.9. The van der Waals surface area contributed by atoms with Gasteiger partial charge in [-0.15, -0.1) is 0 Å². The molecule has 8 nitrogen and oxygen atoms in total. The van der Waals surface area contributed by atoms with E-state index in [1.54, 1.807) is 12.1 Å². The minimum absolute atomic E-state index is 0.00612. The molecule has 0 fully saturated rings. The second-order valence-electron chi connectivity index (χ2n) is 7.28. The van der Waals surface area contributed by atoms with Gasteiger partial charge in [0.05, 0.1) is 58.8 Å². The van der Waals surface area contributed by atoms with Crippen LogP contribution in [0.4, 0.5) is 5.69 Å². The van der Waals surface area contributed by atoms with E-state index >= 15 is 0 Å². The highest BCUT2D eigenvalue weighted by molar-refractivity contribution is 5.72. The van der Waals surface area contributed by atoms with E-state index in [4.69, 9.17) is 34.2 Å². The molecule has 0 aliphatic heterocycles. The summed E-state index contributed by atoms with van der Waals surface area (Å²) in [5, 5.41) is 0. The predicted molar refractivity (Wildman–Crippen MR) is 124 cm³/mol. The van der Waals surface area contributed by atoms with Gasteiger partial charge in [0.25, 0.3) is 0 Å². The number of esters is 1. The molecular formula is C24H41NO7. The third-order valence-electron chi connectivity index (χ3n) is 4.70. The van der Waals surface area contributed by atoms with Crippen LogP contribution in [0.2, 0.25) is 0 Å². The zero-order valence-electron chi connectivity index (χ0n) is 19.7. The molecule has 1 rings (SSSR count). The minimum atomic E-state index is -0.115. The van der Waals surface area contributed by atoms with Gasteiger partial charge >= 0.3 is 5.97 Å². The average molecular weight is 456 g/mol. The third-order valence-corrected chi connectivity index (χ3v) is 4.70. The van der Waals surface area contributed by atoms with E-state index in [0.717, 1.165) is 31.4 Å². The van der Waals surface area contributed by atoms with Crippen molar-refractivity contribution < 1.29 is 33.2 Å². The molecule has 1 unspecified atom stereocenters. The van der Waals surface area contributed by atoms with Crippen molar-refractivity contribution in [3.8, 4) is 5.75 Å². The smallest absolute Gasteiger partial charge is 0.308 e. The lowest BCUT2D eigenvalue weighted by atomic mass is 10.00. The molecule has 0 bridgehead atoms. The molecule has 32 heavy (non-hydrogen) atoms. The van der Waals surface area contributed by atoms with Gasteiger partial charge in [-0.3, -0.25) is 4.79 Å². The van der Waals surface area contributed by atoms with Crippen LogP contribution in [-0.2, 0) is 28.5 Å². The number of carbonyl (C=O) groups excluding carboxylic acids is 1. The van der Waals surface area contributed by atoms with E-state index in [1.165, 1.54) is 0 Å². The van der Waals surface area contributed by atoms with Gasteiger partial charge in [-0.25, -0.2) is 0 Å². The summed E-state index contributed by atoms with van der Waals surface area (Å²) in [7, 11) is 0. The molecule has 0 aliphatic carbocycles. The molecule has 1 aromatic carbocycles. The largest absolute Gasteiger partial charge is 0.491 e. The van der Waals surface area contributed by atoms with Gasteiger partial charge in [0.15, 0.2) is 0 Å². The lowest BCUT2D eigenvalue weighted by Gasteiger charge is -2.13. The predicted octanol–water partition coefficient (Wildman–Crippen LogP) is 3.47. The van der Waals surface area contributed by atoms with Gasteiger partial charge < -0.3 is 34.2 Å². The van der Waals surface area contributed by atoms with Gasteiger partial charge in [0.2, 0.25) is 0 Å². The van der Waals surface area contributed by atoms with Crippen molar-refractivity contribution in [2.75, 3.05) is 71.8 Å². The molecule has 0 aliphatic rings. The molecule has 0 heterocycles. The summed E-state index contributed by atoms with van der Waals surface area (Å²) in [6.07, 6.45) is 3.86. The molecule has 0 amide bonds. The number of hydrogen-bond acceptors (Lipinski definition) is 8. The number of nitrogens with two attached hydrogens (primary N) is 1. The van der Waals surface area contributed by atoms with Gasteiger partial charge in [-0.2, -0.15) is 0 Å². The van der Waals surface area contributed by atoms with Crippen molar-refractivity contribution in [3.63, 3.8) is 0 Å². The fourth-order valence-corrected chi connectivity index (χ4v) is 2.80. The molecule has 8 heteroatoms. The quantitative estimate of drug-likeness (QED) is 0.171. The van der Waals surface area contributed by atoms with E-state index in [9.17, 15) is 4.79 Å². The van der Waals surface area contributed by atoms with Crippen molar-refractivity contribution in [1.82, 2.24) is 0 Å². The summed E-state index contributed by atoms with van der Waals surface area (Å²) in [6, 6.07) is 7.25. The average Bonchev–Trinajstić information content (AvgIpc) is 2.80. The van der Waals surface area contributed by atoms with E-state index in [2.05, 4.69) is 6.92 Å². The Bertz CT molecular complexity index is 568. The van der Waals surface area contributed by atoms with Crippen LogP contribution in [0.1, 0.15) is 39.5 Å². The van der Waals surface area contributed by atoms with Gasteiger partial charge in [0, 0.05) is 5.69 Å². The lowest BCUT2D eigenvalue weighted by Crippen LogP contribution is -2.20. The van der Waals surface area contributed by atoms with Crippen LogP contribution in [-0.4, -0.2) is 72.0 Å². The number of ether oxygens (including phenoxy) is 6. The molecule has 1 aromatic rings. The molecule has 1 atom stereocenters. The first-order valence-electron chi connectivity index (χ1n) is 11.6. The Balaban J connectivity index is 1.79. The van der Waals surface area contributed by atoms with Gasteiger partial charge in [-0.1, -0.05) is 26.7 Å². The fraction of sp³-hybridized carbons (Fsp3) is 0.708. The van der Waals surface area contributed by atoms with Crippen LogP contribution in [0.15, 0.2) is 24.3 Å². The van der Waals surface area contributed by atoms with Gasteiger partial charge in [-0.05, 0) is 37.1 Å². The molecule has 0 saturated heterocycles. The molecule has 0 saturated carbocycles. The Kier molecular flexibility index (Phi) is 17.4. The van der Waals surface area contributed by atoms with Crippen molar-refractivity contribution in [3.05, 3.63) is 24.3 Å². The first-order valence-corrected chi connectivity index (χ1v) is 11.6. The maximum atomic E-state index is 11.9. The monoisotopic (exact) mass is 455 g/mol. The third kappa shape index (κ3) is 15.0. The number of carbonyl (C=O) groups is 1. The number of benzene rings is 1. The normalized spacial score (nSPS) is 11.9. The second-order valence-corrected chi connectivity index (χ2v) is 7.28. The van der Waals surface area contributed by atoms with Crippen LogP contribution in [0.25, 0.3) is 0 Å². The van der Waals surface area contributed by atoms with Crippen LogP contribution in [0.3, 0.4) is 0 Å².